The van der Waals surface area contributed by atoms with Crippen molar-refractivity contribution in [3.63, 3.8) is 0 Å². The Morgan fingerprint density at radius 2 is 1.16 bits per heavy atom. The summed E-state index contributed by atoms with van der Waals surface area (Å²) in [6, 6.07) is 16.1. The summed E-state index contributed by atoms with van der Waals surface area (Å²) in [5.74, 6) is 2.01. The molecule has 1 amide bonds. The number of hydrogen-bond acceptors (Lipinski definition) is 11. The van der Waals surface area contributed by atoms with Crippen molar-refractivity contribution in [2.45, 2.75) is 74.7 Å². The molecule has 2 fully saturated rings. The van der Waals surface area contributed by atoms with Gasteiger partial charge in [0.1, 0.15) is 29.2 Å². The number of piperidine rings is 2. The average molecular weight is 717 g/mol. The lowest BCUT2D eigenvalue weighted by Crippen LogP contribution is -2.41. The number of sulfone groups is 2. The molecule has 49 heavy (non-hydrogen) atoms. The smallest absolute Gasteiger partial charge is 0.410 e. The topological polar surface area (TPSA) is 176 Å². The molecule has 2 aromatic rings. The van der Waals surface area contributed by atoms with Crippen LogP contribution in [-0.4, -0.2) is 84.3 Å². The van der Waals surface area contributed by atoms with Gasteiger partial charge >= 0.3 is 6.09 Å². The van der Waals surface area contributed by atoms with E-state index in [0.717, 1.165) is 45.2 Å². The van der Waals surface area contributed by atoms with Gasteiger partial charge in [0.2, 0.25) is 0 Å². The summed E-state index contributed by atoms with van der Waals surface area (Å²) >= 11 is 0. The Bertz CT molecular complexity index is 1630. The third kappa shape index (κ3) is 13.9. The van der Waals surface area contributed by atoms with Crippen molar-refractivity contribution in [1.82, 2.24) is 10.2 Å². The van der Waals surface area contributed by atoms with Gasteiger partial charge in [0.05, 0.1) is 21.3 Å². The van der Waals surface area contributed by atoms with Crippen molar-refractivity contribution in [2.24, 2.45) is 11.8 Å². The predicted molar refractivity (Wildman–Crippen MR) is 185 cm³/mol. The van der Waals surface area contributed by atoms with Gasteiger partial charge in [0, 0.05) is 13.1 Å². The SMILES string of the molecule is CC(C)(C)OC(=O)N1CCC(CCS(=O)(=O)c2ccc(OCC#N)cc2)CC1.N#CCOc1ccc(S(=O)(=O)CCC2CCNCC2)cc1. The van der Waals surface area contributed by atoms with E-state index in [1.807, 2.05) is 32.9 Å². The lowest BCUT2D eigenvalue weighted by atomic mass is 9.95. The highest BCUT2D eigenvalue weighted by atomic mass is 32.2. The fourth-order valence-electron chi connectivity index (χ4n) is 5.50. The molecule has 2 aromatic carbocycles. The number of nitrogens with zero attached hydrogens (tertiary/aromatic N) is 3. The van der Waals surface area contributed by atoms with Crippen molar-refractivity contribution in [3.8, 4) is 23.6 Å². The fourth-order valence-corrected chi connectivity index (χ4v) is 8.36. The number of amides is 1. The molecule has 2 aliphatic rings. The maximum atomic E-state index is 12.6. The van der Waals surface area contributed by atoms with E-state index >= 15 is 0 Å². The molecule has 12 nitrogen and oxygen atoms in total. The van der Waals surface area contributed by atoms with E-state index in [2.05, 4.69) is 5.32 Å². The molecule has 14 heteroatoms. The number of carbonyl (C=O) groups excluding carboxylic acids is 1. The fraction of sp³-hybridized carbons (Fsp3) is 0.571. The maximum absolute atomic E-state index is 12.6. The van der Waals surface area contributed by atoms with Crippen LogP contribution in [-0.2, 0) is 24.4 Å². The number of hydrogen-bond donors (Lipinski definition) is 1. The van der Waals surface area contributed by atoms with Gasteiger partial charge in [-0.25, -0.2) is 21.6 Å². The Morgan fingerprint density at radius 3 is 1.55 bits per heavy atom. The molecule has 0 aliphatic carbocycles. The number of benzene rings is 2. The zero-order valence-corrected chi connectivity index (χ0v) is 30.2. The second-order valence-electron chi connectivity index (χ2n) is 13.2. The van der Waals surface area contributed by atoms with Gasteiger partial charge < -0.3 is 24.4 Å². The van der Waals surface area contributed by atoms with Crippen LogP contribution >= 0.6 is 0 Å². The van der Waals surface area contributed by atoms with Gasteiger partial charge in [-0.3, -0.25) is 0 Å². The highest BCUT2D eigenvalue weighted by molar-refractivity contribution is 7.91. The van der Waals surface area contributed by atoms with Crippen LogP contribution in [0.5, 0.6) is 11.5 Å². The molecule has 268 valence electrons. The van der Waals surface area contributed by atoms with Crippen LogP contribution in [0.1, 0.15) is 59.3 Å². The van der Waals surface area contributed by atoms with Crippen molar-refractivity contribution in [1.29, 1.82) is 10.5 Å². The first-order valence-electron chi connectivity index (χ1n) is 16.6. The second kappa shape index (κ2) is 18.8. The summed E-state index contributed by atoms with van der Waals surface area (Å²) in [4.78, 5) is 14.4. The first-order chi connectivity index (χ1) is 23.2. The lowest BCUT2D eigenvalue weighted by Gasteiger charge is -2.33. The molecule has 0 atom stereocenters. The third-order valence-corrected chi connectivity index (χ3v) is 11.8. The van der Waals surface area contributed by atoms with Gasteiger partial charge in [-0.15, -0.1) is 0 Å². The number of nitriles is 2. The molecule has 0 saturated carbocycles. The molecular weight excluding hydrogens is 669 g/mol. The van der Waals surface area contributed by atoms with Crippen LogP contribution in [0.3, 0.4) is 0 Å². The lowest BCUT2D eigenvalue weighted by molar-refractivity contribution is 0.0183. The minimum Gasteiger partial charge on any atom is -0.479 e. The van der Waals surface area contributed by atoms with Crippen LogP contribution in [0.2, 0.25) is 0 Å². The van der Waals surface area contributed by atoms with Crippen LogP contribution in [0.25, 0.3) is 0 Å². The summed E-state index contributed by atoms with van der Waals surface area (Å²) in [6.07, 6.45) is 4.63. The van der Waals surface area contributed by atoms with Gasteiger partial charge in [0.25, 0.3) is 0 Å². The van der Waals surface area contributed by atoms with Gasteiger partial charge in [-0.05, 0) is 133 Å². The molecule has 0 aromatic heterocycles. The number of likely N-dealkylation sites (tertiary alicyclic amines) is 1. The van der Waals surface area contributed by atoms with E-state index in [-0.39, 0.29) is 41.6 Å². The third-order valence-electron chi connectivity index (χ3n) is 8.29. The summed E-state index contributed by atoms with van der Waals surface area (Å²) in [6.45, 7) is 8.54. The van der Waals surface area contributed by atoms with Crippen molar-refractivity contribution in [2.75, 3.05) is 50.9 Å². The van der Waals surface area contributed by atoms with E-state index in [9.17, 15) is 21.6 Å². The summed E-state index contributed by atoms with van der Waals surface area (Å²) in [7, 11) is -6.61. The number of nitrogens with one attached hydrogen (secondary N) is 1. The summed E-state index contributed by atoms with van der Waals surface area (Å²) < 4.78 is 65.3. The molecular formula is C35H48N4O8S2. The van der Waals surface area contributed by atoms with E-state index < -0.39 is 25.3 Å². The quantitative estimate of drug-likeness (QED) is 0.307. The van der Waals surface area contributed by atoms with Crippen molar-refractivity contribution in [3.05, 3.63) is 48.5 Å². The number of ether oxygens (including phenoxy) is 3. The average Bonchev–Trinajstić information content (AvgIpc) is 3.09. The van der Waals surface area contributed by atoms with E-state index in [0.29, 0.717) is 41.8 Å². The van der Waals surface area contributed by atoms with E-state index in [1.54, 1.807) is 41.3 Å². The summed E-state index contributed by atoms with van der Waals surface area (Å²) in [5, 5.41) is 20.2. The highest BCUT2D eigenvalue weighted by Crippen LogP contribution is 2.25. The Hall–Kier alpha value is -3.85. The predicted octanol–water partition coefficient (Wildman–Crippen LogP) is 5.15. The first kappa shape index (κ1) is 39.6. The molecule has 2 aliphatic heterocycles. The zero-order valence-electron chi connectivity index (χ0n) is 28.6. The largest absolute Gasteiger partial charge is 0.479 e. The normalized spacial score (nSPS) is 16.0. The number of carbonyl (C=O) groups is 1. The second-order valence-corrected chi connectivity index (χ2v) is 17.4. The Kier molecular flexibility index (Phi) is 15.2. The van der Waals surface area contributed by atoms with Gasteiger partial charge in [-0.1, -0.05) is 0 Å². The molecule has 0 bridgehead atoms. The highest BCUT2D eigenvalue weighted by Gasteiger charge is 2.28. The monoisotopic (exact) mass is 716 g/mol. The van der Waals surface area contributed by atoms with E-state index in [4.69, 9.17) is 24.7 Å². The van der Waals surface area contributed by atoms with Crippen LogP contribution in [0.15, 0.2) is 58.3 Å². The summed E-state index contributed by atoms with van der Waals surface area (Å²) in [5.41, 5.74) is -0.517. The van der Waals surface area contributed by atoms with Crippen LogP contribution in [0, 0.1) is 34.5 Å². The molecule has 2 heterocycles. The van der Waals surface area contributed by atoms with Gasteiger partial charge in [-0.2, -0.15) is 10.5 Å². The van der Waals surface area contributed by atoms with Gasteiger partial charge in [0.15, 0.2) is 32.9 Å². The van der Waals surface area contributed by atoms with Crippen LogP contribution < -0.4 is 14.8 Å². The maximum Gasteiger partial charge on any atom is 0.410 e. The Labute approximate surface area is 291 Å². The van der Waals surface area contributed by atoms with Crippen LogP contribution in [0.4, 0.5) is 4.79 Å². The van der Waals surface area contributed by atoms with Crippen molar-refractivity contribution >= 4 is 25.8 Å². The molecule has 0 unspecified atom stereocenters. The molecule has 0 radical (unpaired) electrons. The Morgan fingerprint density at radius 1 is 0.755 bits per heavy atom. The minimum atomic E-state index is -3.38. The molecule has 0 spiro atoms. The van der Waals surface area contributed by atoms with E-state index in [1.165, 1.54) is 12.1 Å². The first-order valence-corrected chi connectivity index (χ1v) is 19.9. The van der Waals surface area contributed by atoms with Crippen molar-refractivity contribution < 1.29 is 35.8 Å². The number of rotatable bonds is 12. The standard InChI is InChI=1S/C20H28N2O5S.C15H20N2O3S/c1-20(2,3)27-19(23)22-12-8-16(9-13-22)10-15-28(24,25)18-6-4-17(5-7-18)26-14-11-21;16-8-11-20-14-1-3-15(4-2-14)21(18,19)12-7-13-5-9-17-10-6-13/h4-7,16H,8-10,12-15H2,1-3H3;1-4,13,17H,5-7,9-12H2. The molecule has 4 rings (SSSR count). The molecule has 1 N–H and O–H groups in total. The zero-order chi connectivity index (χ0) is 35.9. The Balaban J connectivity index is 0.000000276. The molecule has 2 saturated heterocycles. The minimum absolute atomic E-state index is 0.0399.